The van der Waals surface area contributed by atoms with E-state index >= 15 is 0 Å². The Bertz CT molecular complexity index is 1180. The first kappa shape index (κ1) is 24.1. The molecule has 1 aliphatic heterocycles. The lowest BCUT2D eigenvalue weighted by Crippen LogP contribution is -2.34. The minimum atomic E-state index is -4.03. The van der Waals surface area contributed by atoms with E-state index in [1.165, 1.54) is 29.4 Å². The molecule has 32 heavy (non-hydrogen) atoms. The van der Waals surface area contributed by atoms with Crippen LogP contribution in [-0.2, 0) is 31.3 Å². The summed E-state index contributed by atoms with van der Waals surface area (Å²) in [5.74, 6) is -1.48. The maximum Gasteiger partial charge on any atom is 0.246 e. The van der Waals surface area contributed by atoms with E-state index in [-0.39, 0.29) is 41.8 Å². The van der Waals surface area contributed by atoms with E-state index in [0.717, 1.165) is 5.56 Å². The monoisotopic (exact) mass is 481 g/mol. The van der Waals surface area contributed by atoms with Gasteiger partial charge in [-0.05, 0) is 49.2 Å². The van der Waals surface area contributed by atoms with E-state index in [0.29, 0.717) is 10.7 Å². The van der Waals surface area contributed by atoms with Gasteiger partial charge in [0.2, 0.25) is 26.0 Å². The number of aromatic nitrogens is 1. The molecule has 1 saturated heterocycles. The number of pyridine rings is 1. The molecule has 1 fully saturated rings. The van der Waals surface area contributed by atoms with Gasteiger partial charge in [0.1, 0.15) is 10.6 Å². The second-order valence-corrected chi connectivity index (χ2v) is 11.2. The Morgan fingerprint density at radius 1 is 1.19 bits per heavy atom. The summed E-state index contributed by atoms with van der Waals surface area (Å²) in [6.07, 6.45) is 3.77. The molecule has 0 aliphatic carbocycles. The summed E-state index contributed by atoms with van der Waals surface area (Å²) >= 11 is 0. The molecule has 11 heteroatoms. The summed E-state index contributed by atoms with van der Waals surface area (Å²) < 4.78 is 59.6. The maximum absolute atomic E-state index is 13.5. The molecule has 2 aromatic rings. The van der Waals surface area contributed by atoms with Crippen molar-refractivity contribution in [3.8, 4) is 5.75 Å². The summed E-state index contributed by atoms with van der Waals surface area (Å²) in [4.78, 5) is 16.3. The number of amides is 1. The third kappa shape index (κ3) is 4.79. The van der Waals surface area contributed by atoms with Crippen molar-refractivity contribution in [2.75, 3.05) is 29.8 Å². The number of ether oxygens (including phenoxy) is 1. The SMILES string of the molecule is CCOc1ccc(N2C(=O)[C@@H](C)CS2(=O)=O)cc1S(=O)(=O)N(CC)CCc1ccncc1. The Labute approximate surface area is 189 Å². The van der Waals surface area contributed by atoms with Crippen molar-refractivity contribution in [2.45, 2.75) is 32.1 Å². The lowest BCUT2D eigenvalue weighted by atomic mass is 10.2. The summed E-state index contributed by atoms with van der Waals surface area (Å²) in [5, 5.41) is 0. The number of carbonyl (C=O) groups is 1. The van der Waals surface area contributed by atoms with Gasteiger partial charge in [0.15, 0.2) is 0 Å². The van der Waals surface area contributed by atoms with E-state index in [2.05, 4.69) is 4.98 Å². The number of hydrogen-bond acceptors (Lipinski definition) is 7. The van der Waals surface area contributed by atoms with Crippen LogP contribution in [0.15, 0.2) is 47.6 Å². The van der Waals surface area contributed by atoms with Crippen molar-refractivity contribution >= 4 is 31.6 Å². The molecule has 9 nitrogen and oxygen atoms in total. The van der Waals surface area contributed by atoms with Crippen molar-refractivity contribution in [1.29, 1.82) is 0 Å². The Hall–Kier alpha value is -2.50. The predicted octanol–water partition coefficient (Wildman–Crippen LogP) is 2.05. The minimum absolute atomic E-state index is 0.00781. The number of sulfonamides is 2. The fraction of sp³-hybridized carbons (Fsp3) is 0.429. The van der Waals surface area contributed by atoms with Crippen LogP contribution in [0.3, 0.4) is 0 Å². The maximum atomic E-state index is 13.5. The van der Waals surface area contributed by atoms with Crippen molar-refractivity contribution in [1.82, 2.24) is 9.29 Å². The van der Waals surface area contributed by atoms with E-state index in [4.69, 9.17) is 4.74 Å². The average molecular weight is 482 g/mol. The second-order valence-electron chi connectivity index (χ2n) is 7.45. The largest absolute Gasteiger partial charge is 0.492 e. The van der Waals surface area contributed by atoms with Gasteiger partial charge in [-0.1, -0.05) is 13.8 Å². The average Bonchev–Trinajstić information content (AvgIpc) is 2.96. The molecule has 0 bridgehead atoms. The molecule has 1 amide bonds. The van der Waals surface area contributed by atoms with Gasteiger partial charge in [-0.3, -0.25) is 9.78 Å². The minimum Gasteiger partial charge on any atom is -0.492 e. The zero-order chi connectivity index (χ0) is 23.5. The van der Waals surface area contributed by atoms with Crippen LogP contribution in [0.1, 0.15) is 26.3 Å². The van der Waals surface area contributed by atoms with Gasteiger partial charge in [0.25, 0.3) is 0 Å². The van der Waals surface area contributed by atoms with Crippen LogP contribution in [0.5, 0.6) is 5.75 Å². The van der Waals surface area contributed by atoms with Gasteiger partial charge in [-0.2, -0.15) is 4.31 Å². The molecule has 174 valence electrons. The zero-order valence-electron chi connectivity index (χ0n) is 18.3. The Kier molecular flexibility index (Phi) is 7.21. The van der Waals surface area contributed by atoms with Crippen molar-refractivity contribution in [3.63, 3.8) is 0 Å². The van der Waals surface area contributed by atoms with E-state index < -0.39 is 31.9 Å². The number of benzene rings is 1. The van der Waals surface area contributed by atoms with Crippen LogP contribution in [0.2, 0.25) is 0 Å². The lowest BCUT2D eigenvalue weighted by molar-refractivity contribution is -0.119. The highest BCUT2D eigenvalue weighted by Crippen LogP contribution is 2.35. The highest BCUT2D eigenvalue weighted by molar-refractivity contribution is 7.94. The molecule has 0 spiro atoms. The summed E-state index contributed by atoms with van der Waals surface area (Å²) in [7, 11) is -7.90. The molecule has 1 atom stereocenters. The molecule has 0 radical (unpaired) electrons. The zero-order valence-corrected chi connectivity index (χ0v) is 19.9. The third-order valence-corrected chi connectivity index (χ3v) is 9.06. The van der Waals surface area contributed by atoms with Gasteiger partial charge >= 0.3 is 0 Å². The quantitative estimate of drug-likeness (QED) is 0.538. The Balaban J connectivity index is 2.01. The van der Waals surface area contributed by atoms with Crippen LogP contribution in [-0.4, -0.2) is 57.5 Å². The molecular formula is C21H27N3O6S2. The standard InChI is InChI=1S/C21H27N3O6S2/c1-4-23(13-10-17-8-11-22-12-9-17)32(28,29)20-14-18(6-7-19(20)30-5-2)24-21(25)16(3)15-31(24,26)27/h6-9,11-12,14,16H,4-5,10,13,15H2,1-3H3/t16-/m0/s1. The van der Waals surface area contributed by atoms with Gasteiger partial charge in [0, 0.05) is 25.5 Å². The number of hydrogen-bond donors (Lipinski definition) is 0. The smallest absolute Gasteiger partial charge is 0.246 e. The molecule has 1 aliphatic rings. The van der Waals surface area contributed by atoms with Crippen molar-refractivity contribution in [2.24, 2.45) is 5.92 Å². The number of carbonyl (C=O) groups excluding carboxylic acids is 1. The first-order valence-corrected chi connectivity index (χ1v) is 13.4. The van der Waals surface area contributed by atoms with Gasteiger partial charge < -0.3 is 4.74 Å². The number of nitrogens with zero attached hydrogens (tertiary/aromatic N) is 3. The summed E-state index contributed by atoms with van der Waals surface area (Å²) in [6.45, 7) is 5.64. The molecule has 1 aromatic heterocycles. The topological polar surface area (TPSA) is 114 Å². The number of rotatable bonds is 9. The predicted molar refractivity (Wildman–Crippen MR) is 120 cm³/mol. The van der Waals surface area contributed by atoms with Crippen LogP contribution in [0, 0.1) is 5.92 Å². The van der Waals surface area contributed by atoms with Gasteiger partial charge in [0.05, 0.1) is 24.0 Å². The van der Waals surface area contributed by atoms with E-state index in [9.17, 15) is 21.6 Å². The van der Waals surface area contributed by atoms with Crippen molar-refractivity contribution in [3.05, 3.63) is 48.3 Å². The van der Waals surface area contributed by atoms with Crippen LogP contribution in [0.4, 0.5) is 5.69 Å². The van der Waals surface area contributed by atoms with Gasteiger partial charge in [-0.15, -0.1) is 0 Å². The number of likely N-dealkylation sites (N-methyl/N-ethyl adjacent to an activating group) is 1. The Morgan fingerprint density at radius 3 is 2.44 bits per heavy atom. The van der Waals surface area contributed by atoms with E-state index in [1.54, 1.807) is 26.2 Å². The van der Waals surface area contributed by atoms with Crippen molar-refractivity contribution < 1.29 is 26.4 Å². The summed E-state index contributed by atoms with van der Waals surface area (Å²) in [5.41, 5.74) is 0.932. The first-order chi connectivity index (χ1) is 15.1. The first-order valence-electron chi connectivity index (χ1n) is 10.3. The molecule has 3 rings (SSSR count). The van der Waals surface area contributed by atoms with Crippen LogP contribution >= 0.6 is 0 Å². The molecular weight excluding hydrogens is 454 g/mol. The normalized spacial score (nSPS) is 18.3. The van der Waals surface area contributed by atoms with Crippen LogP contribution < -0.4 is 9.04 Å². The highest BCUT2D eigenvalue weighted by Gasteiger charge is 2.42. The summed E-state index contributed by atoms with van der Waals surface area (Å²) in [6, 6.07) is 7.64. The second kappa shape index (κ2) is 9.55. The fourth-order valence-corrected chi connectivity index (χ4v) is 6.99. The number of anilines is 1. The third-order valence-electron chi connectivity index (χ3n) is 5.19. The molecule has 2 heterocycles. The van der Waals surface area contributed by atoms with Crippen LogP contribution in [0.25, 0.3) is 0 Å². The lowest BCUT2D eigenvalue weighted by Gasteiger charge is -2.23. The molecule has 0 saturated carbocycles. The van der Waals surface area contributed by atoms with Gasteiger partial charge in [-0.25, -0.2) is 21.1 Å². The fourth-order valence-electron chi connectivity index (χ4n) is 3.58. The highest BCUT2D eigenvalue weighted by atomic mass is 32.2. The molecule has 0 unspecified atom stereocenters. The molecule has 0 N–H and O–H groups in total. The Morgan fingerprint density at radius 2 is 1.88 bits per heavy atom. The van der Waals surface area contributed by atoms with E-state index in [1.807, 2.05) is 12.1 Å². The molecule has 1 aromatic carbocycles.